The first-order valence-corrected chi connectivity index (χ1v) is 6.97. The van der Waals surface area contributed by atoms with Crippen molar-refractivity contribution in [2.75, 3.05) is 13.2 Å². The topological polar surface area (TPSA) is 41.5 Å². The molecule has 0 bridgehead atoms. The van der Waals surface area contributed by atoms with Gasteiger partial charge in [0.2, 0.25) is 0 Å². The fourth-order valence-corrected chi connectivity index (χ4v) is 3.55. The molecule has 1 heterocycles. The van der Waals surface area contributed by atoms with Crippen LogP contribution in [0.5, 0.6) is 0 Å². The first kappa shape index (κ1) is 13.3. The molecular weight excluding hydrogens is 214 g/mol. The molecule has 1 saturated heterocycles. The average Bonchev–Trinajstić information content (AvgIpc) is 2.29. The van der Waals surface area contributed by atoms with Crippen LogP contribution in [0.3, 0.4) is 0 Å². The molecule has 1 aliphatic heterocycles. The zero-order valence-electron chi connectivity index (χ0n) is 11.6. The number of nitrogens with one attached hydrogen (secondary N) is 1. The summed E-state index contributed by atoms with van der Waals surface area (Å²) in [4.78, 5) is 0. The zero-order valence-corrected chi connectivity index (χ0v) is 11.6. The van der Waals surface area contributed by atoms with Crippen LogP contribution in [-0.4, -0.2) is 36.5 Å². The van der Waals surface area contributed by atoms with Crippen molar-refractivity contribution >= 4 is 0 Å². The van der Waals surface area contributed by atoms with Crippen molar-refractivity contribution in [1.29, 1.82) is 0 Å². The zero-order chi connectivity index (χ0) is 12.6. The van der Waals surface area contributed by atoms with Gasteiger partial charge in [-0.15, -0.1) is 0 Å². The van der Waals surface area contributed by atoms with E-state index < -0.39 is 0 Å². The molecule has 0 spiro atoms. The number of aliphatic hydroxyl groups excluding tert-OH is 1. The van der Waals surface area contributed by atoms with E-state index in [0.29, 0.717) is 24.0 Å². The molecule has 2 aliphatic rings. The van der Waals surface area contributed by atoms with Crippen LogP contribution < -0.4 is 5.32 Å². The molecule has 2 N–H and O–H groups in total. The Morgan fingerprint density at radius 1 is 1.41 bits per heavy atom. The second-order valence-electron chi connectivity index (χ2n) is 6.60. The summed E-state index contributed by atoms with van der Waals surface area (Å²) in [5.74, 6) is 1.12. The van der Waals surface area contributed by atoms with Gasteiger partial charge in [-0.3, -0.25) is 0 Å². The Balaban J connectivity index is 2.00. The van der Waals surface area contributed by atoms with Crippen molar-refractivity contribution in [3.05, 3.63) is 0 Å². The highest BCUT2D eigenvalue weighted by Gasteiger charge is 2.58. The fourth-order valence-electron chi connectivity index (χ4n) is 3.55. The van der Waals surface area contributed by atoms with Crippen molar-refractivity contribution < 1.29 is 9.84 Å². The van der Waals surface area contributed by atoms with Crippen molar-refractivity contribution in [2.45, 2.75) is 58.7 Å². The van der Waals surface area contributed by atoms with E-state index in [2.05, 4.69) is 33.0 Å². The van der Waals surface area contributed by atoms with Gasteiger partial charge < -0.3 is 15.2 Å². The summed E-state index contributed by atoms with van der Waals surface area (Å²) in [7, 11) is 0. The lowest BCUT2D eigenvalue weighted by Crippen LogP contribution is -2.71. The predicted octanol–water partition coefficient (Wildman–Crippen LogP) is 1.80. The van der Waals surface area contributed by atoms with Crippen LogP contribution in [0.15, 0.2) is 0 Å². The van der Waals surface area contributed by atoms with Crippen molar-refractivity contribution in [2.24, 2.45) is 17.3 Å². The smallest absolute Gasteiger partial charge is 0.0684 e. The molecule has 2 rings (SSSR count). The minimum absolute atomic E-state index is 0.202. The van der Waals surface area contributed by atoms with E-state index in [4.69, 9.17) is 4.74 Å². The first-order chi connectivity index (χ1) is 7.98. The van der Waals surface area contributed by atoms with E-state index in [0.717, 1.165) is 6.61 Å². The highest BCUT2D eigenvalue weighted by atomic mass is 16.5. The Morgan fingerprint density at radius 3 is 2.71 bits per heavy atom. The summed E-state index contributed by atoms with van der Waals surface area (Å²) >= 11 is 0. The lowest BCUT2D eigenvalue weighted by atomic mass is 9.55. The summed E-state index contributed by atoms with van der Waals surface area (Å²) in [6.45, 7) is 10.0. The van der Waals surface area contributed by atoms with Gasteiger partial charge in [-0.05, 0) is 18.8 Å². The lowest BCUT2D eigenvalue weighted by molar-refractivity contribution is -0.195. The van der Waals surface area contributed by atoms with E-state index in [-0.39, 0.29) is 18.1 Å². The Morgan fingerprint density at radius 2 is 2.12 bits per heavy atom. The highest BCUT2D eigenvalue weighted by Crippen LogP contribution is 2.51. The van der Waals surface area contributed by atoms with Gasteiger partial charge >= 0.3 is 0 Å². The van der Waals surface area contributed by atoms with E-state index in [1.54, 1.807) is 0 Å². The molecule has 17 heavy (non-hydrogen) atoms. The third kappa shape index (κ3) is 2.25. The number of aliphatic hydroxyl groups is 1. The quantitative estimate of drug-likeness (QED) is 0.788. The SMILES string of the molecule is CC(C)C(CO)NC1C2CCCOC2C1(C)C. The summed E-state index contributed by atoms with van der Waals surface area (Å²) in [5.41, 5.74) is 0.202. The maximum absolute atomic E-state index is 9.44. The molecule has 0 aromatic rings. The Hall–Kier alpha value is -0.120. The molecule has 4 unspecified atom stereocenters. The average molecular weight is 241 g/mol. The molecule has 0 aromatic carbocycles. The number of rotatable bonds is 4. The molecule has 100 valence electrons. The largest absolute Gasteiger partial charge is 0.395 e. The van der Waals surface area contributed by atoms with Gasteiger partial charge in [-0.1, -0.05) is 27.7 Å². The lowest BCUT2D eigenvalue weighted by Gasteiger charge is -2.61. The van der Waals surface area contributed by atoms with Crippen LogP contribution in [0.25, 0.3) is 0 Å². The van der Waals surface area contributed by atoms with Crippen molar-refractivity contribution in [3.63, 3.8) is 0 Å². The molecule has 1 aliphatic carbocycles. The van der Waals surface area contributed by atoms with E-state index in [9.17, 15) is 5.11 Å². The Labute approximate surface area is 105 Å². The fraction of sp³-hybridized carbons (Fsp3) is 1.00. The summed E-state index contributed by atoms with van der Waals surface area (Å²) in [5, 5.41) is 13.1. The first-order valence-electron chi connectivity index (χ1n) is 6.97. The van der Waals surface area contributed by atoms with Crippen LogP contribution in [0.1, 0.15) is 40.5 Å². The van der Waals surface area contributed by atoms with Crippen LogP contribution in [-0.2, 0) is 4.74 Å². The minimum Gasteiger partial charge on any atom is -0.395 e. The van der Waals surface area contributed by atoms with Crippen molar-refractivity contribution in [1.82, 2.24) is 5.32 Å². The van der Waals surface area contributed by atoms with Gasteiger partial charge in [-0.25, -0.2) is 0 Å². The molecule has 3 heteroatoms. The second kappa shape index (κ2) is 4.87. The van der Waals surface area contributed by atoms with E-state index in [1.807, 2.05) is 0 Å². The Kier molecular flexibility index (Phi) is 3.81. The minimum atomic E-state index is 0.202. The molecular formula is C14H27NO2. The number of hydrogen-bond donors (Lipinski definition) is 2. The monoisotopic (exact) mass is 241 g/mol. The summed E-state index contributed by atoms with van der Waals surface area (Å²) < 4.78 is 5.90. The van der Waals surface area contributed by atoms with Gasteiger partial charge in [0.05, 0.1) is 12.7 Å². The maximum atomic E-state index is 9.44. The molecule has 0 amide bonds. The predicted molar refractivity (Wildman–Crippen MR) is 68.9 cm³/mol. The summed E-state index contributed by atoms with van der Waals surface area (Å²) in [6, 6.07) is 0.703. The molecule has 4 atom stereocenters. The number of fused-ring (bicyclic) bond motifs is 1. The van der Waals surface area contributed by atoms with Gasteiger partial charge in [0.15, 0.2) is 0 Å². The van der Waals surface area contributed by atoms with Gasteiger partial charge in [0, 0.05) is 30.0 Å². The number of ether oxygens (including phenoxy) is 1. The second-order valence-corrected chi connectivity index (χ2v) is 6.60. The van der Waals surface area contributed by atoms with Crippen molar-refractivity contribution in [3.8, 4) is 0 Å². The highest BCUT2D eigenvalue weighted by molar-refractivity contribution is 5.10. The van der Waals surface area contributed by atoms with Gasteiger partial charge in [-0.2, -0.15) is 0 Å². The maximum Gasteiger partial charge on any atom is 0.0684 e. The Bertz CT molecular complexity index is 265. The standard InChI is InChI=1S/C14H27NO2/c1-9(2)11(8-16)15-12-10-6-5-7-17-13(10)14(12,3)4/h9-13,15-16H,5-8H2,1-4H3. The van der Waals surface area contributed by atoms with Crippen LogP contribution >= 0.6 is 0 Å². The summed E-state index contributed by atoms with van der Waals surface area (Å²) in [6.07, 6.45) is 2.86. The molecule has 2 fully saturated rings. The molecule has 1 saturated carbocycles. The molecule has 0 aromatic heterocycles. The van der Waals surface area contributed by atoms with E-state index in [1.165, 1.54) is 12.8 Å². The third-order valence-corrected chi connectivity index (χ3v) is 4.73. The van der Waals surface area contributed by atoms with Gasteiger partial charge in [0.1, 0.15) is 0 Å². The number of hydrogen-bond acceptors (Lipinski definition) is 3. The molecule has 0 radical (unpaired) electrons. The van der Waals surface area contributed by atoms with Crippen LogP contribution in [0.2, 0.25) is 0 Å². The van der Waals surface area contributed by atoms with Crippen LogP contribution in [0, 0.1) is 17.3 Å². The van der Waals surface area contributed by atoms with E-state index >= 15 is 0 Å². The molecule has 3 nitrogen and oxygen atoms in total. The van der Waals surface area contributed by atoms with Crippen LogP contribution in [0.4, 0.5) is 0 Å². The van der Waals surface area contributed by atoms with Gasteiger partial charge in [0.25, 0.3) is 0 Å². The normalized spacial score (nSPS) is 37.4. The third-order valence-electron chi connectivity index (χ3n) is 4.73.